The van der Waals surface area contributed by atoms with Crippen molar-refractivity contribution in [3.05, 3.63) is 41.0 Å². The minimum absolute atomic E-state index is 0.00494. The van der Waals surface area contributed by atoms with Crippen LogP contribution in [0.25, 0.3) is 32.1 Å². The SMILES string of the molecule is COC1C2CN(c3nc(OCC45CCCN4CC(F)C5)nc4c(F)c(-c5ccc(F)c6sc(N)c(C#N)c56)c(C(F)(F)F)cc34)C1O2. The molecule has 7 heterocycles. The molecule has 5 aliphatic rings. The van der Waals surface area contributed by atoms with Gasteiger partial charge in [-0.3, -0.25) is 4.90 Å². The number of methoxy groups -OCH3 is 1. The van der Waals surface area contributed by atoms with Gasteiger partial charge in [-0.25, -0.2) is 13.2 Å². The first-order chi connectivity index (χ1) is 22.4. The van der Waals surface area contributed by atoms with Crippen molar-refractivity contribution in [1.29, 1.82) is 5.26 Å². The zero-order valence-electron chi connectivity index (χ0n) is 24.7. The molecule has 246 valence electrons. The van der Waals surface area contributed by atoms with Crippen LogP contribution in [0.5, 0.6) is 6.01 Å². The third kappa shape index (κ3) is 4.46. The minimum atomic E-state index is -5.10. The van der Waals surface area contributed by atoms with Gasteiger partial charge >= 0.3 is 12.2 Å². The Bertz CT molecular complexity index is 2000. The number of anilines is 2. The zero-order valence-corrected chi connectivity index (χ0v) is 25.5. The first-order valence-corrected chi connectivity index (χ1v) is 15.7. The van der Waals surface area contributed by atoms with Crippen molar-refractivity contribution in [3.8, 4) is 23.2 Å². The maximum absolute atomic E-state index is 16.9. The number of ether oxygens (including phenoxy) is 3. The number of rotatable bonds is 6. The molecule has 0 aliphatic carbocycles. The summed E-state index contributed by atoms with van der Waals surface area (Å²) in [4.78, 5) is 12.4. The highest BCUT2D eigenvalue weighted by molar-refractivity contribution is 7.23. The standard InChI is InChI=1S/C31H26F6N6O3S/c1-44-24-19-11-43(28(24)46-19)27-15-7-17(31(35,36)37)21(14-3-4-18(33)25-20(14)16(9-38)26(39)47-25)22(34)23(15)40-29(41-27)45-12-30-5-2-6-42(30)10-13(32)8-30/h3-4,7,13,19,24,28H,2,5-6,8,10-12,39H2,1H3. The molecule has 2 bridgehead atoms. The molecule has 0 amide bonds. The molecule has 16 heteroatoms. The van der Waals surface area contributed by atoms with Crippen molar-refractivity contribution in [1.82, 2.24) is 14.9 Å². The predicted molar refractivity (Wildman–Crippen MR) is 160 cm³/mol. The van der Waals surface area contributed by atoms with Crippen LogP contribution in [-0.2, 0) is 15.7 Å². The first-order valence-electron chi connectivity index (χ1n) is 14.9. The number of hydrogen-bond donors (Lipinski definition) is 1. The number of nitrogens with two attached hydrogens (primary N) is 1. The Morgan fingerprint density at radius 3 is 2.77 bits per heavy atom. The molecule has 5 saturated heterocycles. The number of nitrogen functional groups attached to an aromatic ring is 1. The Morgan fingerprint density at radius 1 is 1.23 bits per heavy atom. The highest BCUT2D eigenvalue weighted by Crippen LogP contribution is 2.49. The van der Waals surface area contributed by atoms with E-state index in [4.69, 9.17) is 19.9 Å². The molecule has 47 heavy (non-hydrogen) atoms. The average Bonchev–Trinajstić information content (AvgIpc) is 3.82. The Labute approximate surface area is 267 Å². The van der Waals surface area contributed by atoms with Gasteiger partial charge in [-0.2, -0.15) is 28.4 Å². The molecule has 2 N–H and O–H groups in total. The van der Waals surface area contributed by atoms with E-state index in [1.165, 1.54) is 7.11 Å². The lowest BCUT2D eigenvalue weighted by Crippen LogP contribution is -2.50. The Balaban J connectivity index is 1.35. The highest BCUT2D eigenvalue weighted by atomic mass is 32.1. The molecule has 2 aromatic carbocycles. The van der Waals surface area contributed by atoms with E-state index >= 15 is 4.39 Å². The number of nitriles is 1. The first kappa shape index (κ1) is 30.4. The fourth-order valence-electron chi connectivity index (χ4n) is 7.72. The van der Waals surface area contributed by atoms with E-state index in [-0.39, 0.29) is 81.8 Å². The third-order valence-corrected chi connectivity index (χ3v) is 10.8. The van der Waals surface area contributed by atoms with Crippen molar-refractivity contribution in [3.63, 3.8) is 0 Å². The van der Waals surface area contributed by atoms with Gasteiger partial charge in [0, 0.05) is 36.4 Å². The highest BCUT2D eigenvalue weighted by Gasteiger charge is 2.56. The predicted octanol–water partition coefficient (Wildman–Crippen LogP) is 5.78. The van der Waals surface area contributed by atoms with Crippen LogP contribution in [0.1, 0.15) is 30.4 Å². The summed E-state index contributed by atoms with van der Waals surface area (Å²) in [6, 6.07) is 4.17. The van der Waals surface area contributed by atoms with Gasteiger partial charge in [0.1, 0.15) is 53.2 Å². The third-order valence-electron chi connectivity index (χ3n) is 9.82. The fraction of sp³-hybridized carbons (Fsp3) is 0.452. The summed E-state index contributed by atoms with van der Waals surface area (Å²) in [7, 11) is 1.49. The molecule has 0 spiro atoms. The smallest absolute Gasteiger partial charge is 0.417 e. The van der Waals surface area contributed by atoms with Crippen LogP contribution >= 0.6 is 11.3 Å². The summed E-state index contributed by atoms with van der Waals surface area (Å²) in [6.45, 7) is 1.16. The van der Waals surface area contributed by atoms with Crippen LogP contribution < -0.4 is 15.4 Å². The molecule has 5 atom stereocenters. The second-order valence-corrected chi connectivity index (χ2v) is 13.4. The number of nitrogens with zero attached hydrogens (tertiary/aromatic N) is 5. The fourth-order valence-corrected chi connectivity index (χ4v) is 8.67. The molecule has 5 unspecified atom stereocenters. The molecule has 9 nitrogen and oxygen atoms in total. The summed E-state index contributed by atoms with van der Waals surface area (Å²) in [6.07, 6.45) is -5.83. The number of fused-ring (bicyclic) bond motifs is 4. The van der Waals surface area contributed by atoms with Crippen molar-refractivity contribution in [2.75, 3.05) is 44.0 Å². The molecule has 2 aromatic heterocycles. The van der Waals surface area contributed by atoms with Gasteiger partial charge in [0.15, 0.2) is 12.0 Å². The van der Waals surface area contributed by atoms with E-state index in [0.29, 0.717) is 24.3 Å². The van der Waals surface area contributed by atoms with Crippen LogP contribution in [0.4, 0.5) is 37.2 Å². The Morgan fingerprint density at radius 2 is 2.04 bits per heavy atom. The van der Waals surface area contributed by atoms with Crippen molar-refractivity contribution < 1.29 is 40.6 Å². The molecule has 0 radical (unpaired) electrons. The lowest BCUT2D eigenvalue weighted by molar-refractivity contribution is -0.186. The zero-order chi connectivity index (χ0) is 33.0. The van der Waals surface area contributed by atoms with Gasteiger partial charge < -0.3 is 24.8 Å². The quantitative estimate of drug-likeness (QED) is 0.255. The number of aromatic nitrogens is 2. The van der Waals surface area contributed by atoms with Crippen LogP contribution in [0.15, 0.2) is 18.2 Å². The monoisotopic (exact) mass is 676 g/mol. The number of hydrogen-bond acceptors (Lipinski definition) is 10. The van der Waals surface area contributed by atoms with E-state index < -0.39 is 52.4 Å². The van der Waals surface area contributed by atoms with Crippen LogP contribution in [0.2, 0.25) is 0 Å². The Hall–Kier alpha value is -3.91. The van der Waals surface area contributed by atoms with Gasteiger partial charge in [0.05, 0.1) is 27.9 Å². The normalized spacial score (nSPS) is 27.1. The van der Waals surface area contributed by atoms with Crippen molar-refractivity contribution >= 4 is 43.1 Å². The average molecular weight is 677 g/mol. The summed E-state index contributed by atoms with van der Waals surface area (Å²) in [5.74, 6) is -2.24. The molecule has 0 saturated carbocycles. The van der Waals surface area contributed by atoms with E-state index in [2.05, 4.69) is 9.97 Å². The van der Waals surface area contributed by atoms with Gasteiger partial charge in [0.25, 0.3) is 0 Å². The maximum Gasteiger partial charge on any atom is 0.417 e. The number of thiophene rings is 1. The van der Waals surface area contributed by atoms with Gasteiger partial charge in [-0.15, -0.1) is 11.3 Å². The Kier molecular flexibility index (Phi) is 6.83. The van der Waals surface area contributed by atoms with Crippen LogP contribution in [0, 0.1) is 23.0 Å². The van der Waals surface area contributed by atoms with Gasteiger partial charge in [-0.05, 0) is 37.1 Å². The lowest BCUT2D eigenvalue weighted by atomic mass is 9.92. The maximum atomic E-state index is 16.9. The molecule has 5 aliphatic heterocycles. The molecule has 5 fully saturated rings. The molecular formula is C31H26F6N6O3S. The van der Waals surface area contributed by atoms with Crippen LogP contribution in [-0.4, -0.2) is 78.4 Å². The number of alkyl halides is 4. The summed E-state index contributed by atoms with van der Waals surface area (Å²) < 4.78 is 108. The minimum Gasteiger partial charge on any atom is -0.461 e. The molecule has 4 aromatic rings. The molecule has 9 rings (SSSR count). The van der Waals surface area contributed by atoms with Gasteiger partial charge in [0.2, 0.25) is 0 Å². The number of halogens is 6. The second-order valence-electron chi connectivity index (χ2n) is 12.4. The second kappa shape index (κ2) is 10.5. The van der Waals surface area contributed by atoms with Crippen molar-refractivity contribution in [2.45, 2.75) is 55.6 Å². The number of benzene rings is 2. The van der Waals surface area contributed by atoms with E-state index in [1.54, 1.807) is 4.90 Å². The summed E-state index contributed by atoms with van der Waals surface area (Å²) >= 11 is 0.684. The van der Waals surface area contributed by atoms with Crippen molar-refractivity contribution in [2.24, 2.45) is 0 Å². The largest absolute Gasteiger partial charge is 0.461 e. The summed E-state index contributed by atoms with van der Waals surface area (Å²) in [5, 5.41) is 9.17. The topological polar surface area (TPSA) is 110 Å². The van der Waals surface area contributed by atoms with E-state index in [9.17, 15) is 27.2 Å². The summed E-state index contributed by atoms with van der Waals surface area (Å²) in [5.41, 5.74) is 1.91. The van der Waals surface area contributed by atoms with E-state index in [0.717, 1.165) is 24.6 Å². The van der Waals surface area contributed by atoms with Crippen LogP contribution in [0.3, 0.4) is 0 Å². The lowest BCUT2D eigenvalue weighted by Gasteiger charge is -2.35. The molecular weight excluding hydrogens is 650 g/mol. The van der Waals surface area contributed by atoms with Gasteiger partial charge in [-0.1, -0.05) is 6.07 Å². The van der Waals surface area contributed by atoms with E-state index in [1.807, 2.05) is 11.0 Å².